The Kier molecular flexibility index (Phi) is 4.46. The zero-order valence-corrected chi connectivity index (χ0v) is 15.3. The number of carbonyl (C=O) groups excluding carboxylic acids is 1. The van der Waals surface area contributed by atoms with Gasteiger partial charge in [0.25, 0.3) is 5.91 Å². The molecule has 0 aliphatic carbocycles. The van der Waals surface area contributed by atoms with Crippen molar-refractivity contribution in [2.24, 2.45) is 0 Å². The molecular weight excluding hydrogens is 354 g/mol. The van der Waals surface area contributed by atoms with Crippen LogP contribution in [0.25, 0.3) is 6.08 Å². The number of fused-ring (bicyclic) bond motifs is 2. The lowest BCUT2D eigenvalue weighted by Gasteiger charge is -2.29. The van der Waals surface area contributed by atoms with Crippen LogP contribution in [0.4, 0.5) is 0 Å². The second-order valence-electron chi connectivity index (χ2n) is 6.46. The standard InChI is InChI=1S/C19H20ClN3O3/c1-2-23-17-5-6-22(9-15(17)16(10-24)21-23)19(25)13-7-12-8-14(20)3-4-18(12)26-11-13/h3-4,7-8,24H,2,5-6,9-11H2,1H3. The van der Waals surface area contributed by atoms with E-state index in [1.165, 1.54) is 0 Å². The molecule has 3 heterocycles. The minimum absolute atomic E-state index is 0.0468. The molecule has 0 saturated carbocycles. The molecule has 136 valence electrons. The Morgan fingerprint density at radius 2 is 2.27 bits per heavy atom. The number of nitrogens with zero attached hydrogens (tertiary/aromatic N) is 3. The van der Waals surface area contributed by atoms with Crippen molar-refractivity contribution in [2.45, 2.75) is 33.0 Å². The molecule has 0 radical (unpaired) electrons. The molecule has 0 saturated heterocycles. The topological polar surface area (TPSA) is 67.6 Å². The summed E-state index contributed by atoms with van der Waals surface area (Å²) in [5.41, 5.74) is 4.17. The summed E-state index contributed by atoms with van der Waals surface area (Å²) in [6.45, 7) is 4.00. The third kappa shape index (κ3) is 2.89. The molecule has 0 atom stereocenters. The second-order valence-corrected chi connectivity index (χ2v) is 6.90. The summed E-state index contributed by atoms with van der Waals surface area (Å²) in [5.74, 6) is 0.688. The molecule has 1 amide bonds. The Hall–Kier alpha value is -2.31. The number of hydrogen-bond donors (Lipinski definition) is 1. The van der Waals surface area contributed by atoms with Crippen LogP contribution in [0.2, 0.25) is 5.02 Å². The summed E-state index contributed by atoms with van der Waals surface area (Å²) in [7, 11) is 0. The van der Waals surface area contributed by atoms with Crippen LogP contribution in [0.15, 0.2) is 23.8 Å². The molecule has 2 aliphatic rings. The summed E-state index contributed by atoms with van der Waals surface area (Å²) in [4.78, 5) is 14.8. The van der Waals surface area contributed by atoms with E-state index in [0.717, 1.165) is 35.5 Å². The third-order valence-electron chi connectivity index (χ3n) is 4.91. The Morgan fingerprint density at radius 3 is 3.04 bits per heavy atom. The van der Waals surface area contributed by atoms with Crippen LogP contribution in [-0.4, -0.2) is 38.8 Å². The highest BCUT2D eigenvalue weighted by molar-refractivity contribution is 6.30. The minimum Gasteiger partial charge on any atom is -0.488 e. The fourth-order valence-corrected chi connectivity index (χ4v) is 3.78. The van der Waals surface area contributed by atoms with Gasteiger partial charge in [-0.05, 0) is 31.2 Å². The van der Waals surface area contributed by atoms with Crippen molar-refractivity contribution >= 4 is 23.6 Å². The molecule has 7 heteroatoms. The van der Waals surface area contributed by atoms with Crippen LogP contribution < -0.4 is 4.74 Å². The van der Waals surface area contributed by atoms with E-state index in [1.54, 1.807) is 17.0 Å². The van der Waals surface area contributed by atoms with E-state index in [0.29, 0.717) is 29.4 Å². The summed E-state index contributed by atoms with van der Waals surface area (Å²) in [6.07, 6.45) is 2.59. The van der Waals surface area contributed by atoms with E-state index < -0.39 is 0 Å². The molecule has 1 aromatic heterocycles. The van der Waals surface area contributed by atoms with Crippen LogP contribution >= 0.6 is 11.6 Å². The molecule has 1 N–H and O–H groups in total. The molecule has 0 unspecified atom stereocenters. The van der Waals surface area contributed by atoms with E-state index in [4.69, 9.17) is 16.3 Å². The molecule has 0 bridgehead atoms. The van der Waals surface area contributed by atoms with Crippen LogP contribution in [0.1, 0.15) is 29.4 Å². The van der Waals surface area contributed by atoms with E-state index >= 15 is 0 Å². The highest BCUT2D eigenvalue weighted by Crippen LogP contribution is 2.30. The van der Waals surface area contributed by atoms with Gasteiger partial charge in [-0.1, -0.05) is 11.6 Å². The molecule has 6 nitrogen and oxygen atoms in total. The highest BCUT2D eigenvalue weighted by atomic mass is 35.5. The molecule has 2 aliphatic heterocycles. The number of halogens is 1. The normalized spacial score (nSPS) is 15.8. The Labute approximate surface area is 156 Å². The molecule has 26 heavy (non-hydrogen) atoms. The molecule has 4 rings (SSSR count). The highest BCUT2D eigenvalue weighted by Gasteiger charge is 2.29. The number of amides is 1. The van der Waals surface area contributed by atoms with Gasteiger partial charge in [0.1, 0.15) is 12.4 Å². The van der Waals surface area contributed by atoms with Crippen molar-refractivity contribution in [3.63, 3.8) is 0 Å². The molecule has 0 spiro atoms. The van der Waals surface area contributed by atoms with Gasteiger partial charge in [-0.3, -0.25) is 9.48 Å². The first-order valence-electron chi connectivity index (χ1n) is 8.71. The number of aliphatic hydroxyl groups excluding tert-OH is 1. The average molecular weight is 374 g/mol. The van der Waals surface area contributed by atoms with Crippen molar-refractivity contribution in [3.8, 4) is 5.75 Å². The summed E-state index contributed by atoms with van der Waals surface area (Å²) in [5, 5.41) is 14.6. The number of rotatable bonds is 3. The van der Waals surface area contributed by atoms with Gasteiger partial charge in [-0.25, -0.2) is 0 Å². The quantitative estimate of drug-likeness (QED) is 0.897. The number of aliphatic hydroxyl groups is 1. The van der Waals surface area contributed by atoms with E-state index in [9.17, 15) is 9.90 Å². The van der Waals surface area contributed by atoms with Crippen LogP contribution in [0, 0.1) is 0 Å². The first kappa shape index (κ1) is 17.1. The van der Waals surface area contributed by atoms with Crippen molar-refractivity contribution in [2.75, 3.05) is 13.2 Å². The van der Waals surface area contributed by atoms with Crippen LogP contribution in [-0.2, 0) is 30.9 Å². The number of aromatic nitrogens is 2. The Balaban J connectivity index is 1.60. The molecular formula is C19H20ClN3O3. The zero-order chi connectivity index (χ0) is 18.3. The Bertz CT molecular complexity index is 904. The largest absolute Gasteiger partial charge is 0.488 e. The van der Waals surface area contributed by atoms with Crippen molar-refractivity contribution in [3.05, 3.63) is 51.3 Å². The van der Waals surface area contributed by atoms with Crippen molar-refractivity contribution < 1.29 is 14.6 Å². The predicted octanol–water partition coefficient (Wildman–Crippen LogP) is 2.41. The van der Waals surface area contributed by atoms with Gasteiger partial charge < -0.3 is 14.7 Å². The molecule has 0 fully saturated rings. The van der Waals surface area contributed by atoms with Crippen molar-refractivity contribution in [1.29, 1.82) is 0 Å². The van der Waals surface area contributed by atoms with Gasteiger partial charge in [0, 0.05) is 47.9 Å². The summed E-state index contributed by atoms with van der Waals surface area (Å²) < 4.78 is 7.63. The number of aryl methyl sites for hydroxylation is 1. The smallest absolute Gasteiger partial charge is 0.253 e. The Morgan fingerprint density at radius 1 is 1.42 bits per heavy atom. The number of hydrogen-bond acceptors (Lipinski definition) is 4. The maximum Gasteiger partial charge on any atom is 0.253 e. The fourth-order valence-electron chi connectivity index (χ4n) is 3.60. The third-order valence-corrected chi connectivity index (χ3v) is 5.15. The number of carbonyl (C=O) groups is 1. The maximum absolute atomic E-state index is 13.0. The van der Waals surface area contributed by atoms with E-state index in [2.05, 4.69) is 5.10 Å². The van der Waals surface area contributed by atoms with Gasteiger partial charge in [0.2, 0.25) is 0 Å². The lowest BCUT2D eigenvalue weighted by Crippen LogP contribution is -2.38. The van der Waals surface area contributed by atoms with Crippen molar-refractivity contribution in [1.82, 2.24) is 14.7 Å². The summed E-state index contributed by atoms with van der Waals surface area (Å²) >= 11 is 6.05. The first-order chi connectivity index (χ1) is 12.6. The first-order valence-corrected chi connectivity index (χ1v) is 9.09. The lowest BCUT2D eigenvalue weighted by molar-refractivity contribution is -0.128. The number of benzene rings is 1. The monoisotopic (exact) mass is 373 g/mol. The van der Waals surface area contributed by atoms with Gasteiger partial charge in [-0.15, -0.1) is 0 Å². The fraction of sp³-hybridized carbons (Fsp3) is 0.368. The molecule has 1 aromatic carbocycles. The van der Waals surface area contributed by atoms with Gasteiger partial charge in [0.05, 0.1) is 17.9 Å². The van der Waals surface area contributed by atoms with Gasteiger partial charge in [0.15, 0.2) is 0 Å². The van der Waals surface area contributed by atoms with Gasteiger partial charge in [-0.2, -0.15) is 5.10 Å². The van der Waals surface area contributed by atoms with Gasteiger partial charge >= 0.3 is 0 Å². The molecule has 2 aromatic rings. The lowest BCUT2D eigenvalue weighted by atomic mass is 10.0. The SMILES string of the molecule is CCn1nc(CO)c2c1CCN(C(=O)C1=Cc3cc(Cl)ccc3OC1)C2. The predicted molar refractivity (Wildman–Crippen MR) is 97.9 cm³/mol. The van der Waals surface area contributed by atoms with Crippen LogP contribution in [0.3, 0.4) is 0 Å². The number of ether oxygens (including phenoxy) is 1. The second kappa shape index (κ2) is 6.78. The average Bonchev–Trinajstić information content (AvgIpc) is 3.04. The minimum atomic E-state index is -0.116. The van der Waals surface area contributed by atoms with E-state index in [-0.39, 0.29) is 19.1 Å². The maximum atomic E-state index is 13.0. The van der Waals surface area contributed by atoms with Crippen LogP contribution in [0.5, 0.6) is 5.75 Å². The zero-order valence-electron chi connectivity index (χ0n) is 14.5. The summed E-state index contributed by atoms with van der Waals surface area (Å²) in [6, 6.07) is 5.39. The van der Waals surface area contributed by atoms with E-state index in [1.807, 2.05) is 23.7 Å².